The Bertz CT molecular complexity index is 658. The summed E-state index contributed by atoms with van der Waals surface area (Å²) in [7, 11) is 0. The summed E-state index contributed by atoms with van der Waals surface area (Å²) in [6.45, 7) is 6.89. The highest BCUT2D eigenvalue weighted by atomic mass is 14.4. The highest BCUT2D eigenvalue weighted by Gasteiger charge is 2.38. The van der Waals surface area contributed by atoms with Crippen LogP contribution in [0.5, 0.6) is 0 Å². The predicted molar refractivity (Wildman–Crippen MR) is 94.1 cm³/mol. The van der Waals surface area contributed by atoms with Crippen LogP contribution in [0.2, 0.25) is 0 Å². The third-order valence-corrected chi connectivity index (χ3v) is 5.68. The van der Waals surface area contributed by atoms with Crippen LogP contribution in [0.3, 0.4) is 0 Å². The van der Waals surface area contributed by atoms with Crippen LogP contribution in [0.15, 0.2) is 36.4 Å². The van der Waals surface area contributed by atoms with E-state index in [0.717, 1.165) is 5.92 Å². The summed E-state index contributed by atoms with van der Waals surface area (Å²) < 4.78 is 0. The van der Waals surface area contributed by atoms with Gasteiger partial charge in [0.25, 0.3) is 0 Å². The molecular formula is C22H25. The quantitative estimate of drug-likeness (QED) is 0.586. The van der Waals surface area contributed by atoms with E-state index in [-0.39, 0.29) is 0 Å². The van der Waals surface area contributed by atoms with Crippen LogP contribution in [0.25, 0.3) is 11.1 Å². The molecule has 2 aromatic carbocycles. The van der Waals surface area contributed by atoms with E-state index in [2.05, 4.69) is 57.2 Å². The summed E-state index contributed by atoms with van der Waals surface area (Å²) in [5.74, 6) is 3.08. The largest absolute Gasteiger partial charge is 0.0619 e. The number of rotatable bonds is 1. The Hall–Kier alpha value is -1.56. The van der Waals surface area contributed by atoms with Gasteiger partial charge in [-0.3, -0.25) is 0 Å². The molecule has 1 saturated carbocycles. The zero-order valence-corrected chi connectivity index (χ0v) is 13.9. The molecule has 2 aliphatic rings. The highest BCUT2D eigenvalue weighted by Crippen LogP contribution is 2.54. The first-order valence-electron chi connectivity index (χ1n) is 8.72. The predicted octanol–water partition coefficient (Wildman–Crippen LogP) is 6.20. The first kappa shape index (κ1) is 14.1. The van der Waals surface area contributed by atoms with Gasteiger partial charge in [-0.1, -0.05) is 73.7 Å². The molecule has 1 fully saturated rings. The maximum Gasteiger partial charge on any atom is 0.0167 e. The number of fused-ring (bicyclic) bond motifs is 3. The maximum atomic E-state index is 2.44. The number of benzene rings is 2. The van der Waals surface area contributed by atoms with E-state index in [1.54, 1.807) is 17.0 Å². The lowest BCUT2D eigenvalue weighted by molar-refractivity contribution is 0.393. The third kappa shape index (κ3) is 2.12. The fraction of sp³-hybridized carbons (Fsp3) is 0.409. The minimum Gasteiger partial charge on any atom is -0.0619 e. The van der Waals surface area contributed by atoms with Crippen LogP contribution in [-0.4, -0.2) is 0 Å². The van der Waals surface area contributed by atoms with Gasteiger partial charge in [-0.05, 0) is 54.4 Å². The number of aryl methyl sites for hydroxylation is 2. The van der Waals surface area contributed by atoms with Gasteiger partial charge in [-0.25, -0.2) is 0 Å². The minimum atomic E-state index is 0.542. The molecule has 0 heterocycles. The molecule has 0 amide bonds. The van der Waals surface area contributed by atoms with Gasteiger partial charge in [0.1, 0.15) is 0 Å². The van der Waals surface area contributed by atoms with Crippen LogP contribution in [-0.2, 0) is 0 Å². The van der Waals surface area contributed by atoms with Gasteiger partial charge in [0.15, 0.2) is 0 Å². The Kier molecular flexibility index (Phi) is 3.36. The van der Waals surface area contributed by atoms with Crippen molar-refractivity contribution in [3.05, 3.63) is 64.6 Å². The van der Waals surface area contributed by atoms with E-state index < -0.39 is 0 Å². The van der Waals surface area contributed by atoms with Crippen LogP contribution in [0, 0.1) is 25.7 Å². The molecule has 0 spiro atoms. The van der Waals surface area contributed by atoms with E-state index >= 15 is 0 Å². The van der Waals surface area contributed by atoms with Crippen molar-refractivity contribution in [2.75, 3.05) is 0 Å². The second kappa shape index (κ2) is 5.26. The van der Waals surface area contributed by atoms with Crippen molar-refractivity contribution in [2.24, 2.45) is 5.92 Å². The second-order valence-corrected chi connectivity index (χ2v) is 7.34. The molecule has 4 rings (SSSR count). The molecule has 1 unspecified atom stereocenters. The monoisotopic (exact) mass is 289 g/mol. The van der Waals surface area contributed by atoms with Crippen molar-refractivity contribution in [1.82, 2.24) is 0 Å². The lowest BCUT2D eigenvalue weighted by Crippen LogP contribution is -2.21. The summed E-state index contributed by atoms with van der Waals surface area (Å²) in [5.41, 5.74) is 8.83. The van der Waals surface area contributed by atoms with Crippen molar-refractivity contribution in [3.63, 3.8) is 0 Å². The van der Waals surface area contributed by atoms with Gasteiger partial charge < -0.3 is 0 Å². The zero-order valence-electron chi connectivity index (χ0n) is 13.9. The SMILES string of the molecule is Cc1ccc2c(c1)C([C]1CCCCC1C)c1cc(C)ccc1-2. The van der Waals surface area contributed by atoms with E-state index in [4.69, 9.17) is 0 Å². The smallest absolute Gasteiger partial charge is 0.0167 e. The second-order valence-electron chi connectivity index (χ2n) is 7.34. The average molecular weight is 289 g/mol. The molecule has 0 nitrogen and oxygen atoms in total. The summed E-state index contributed by atoms with van der Waals surface area (Å²) >= 11 is 0. The third-order valence-electron chi connectivity index (χ3n) is 5.68. The lowest BCUT2D eigenvalue weighted by Gasteiger charge is -2.34. The van der Waals surface area contributed by atoms with Gasteiger partial charge in [0, 0.05) is 5.92 Å². The van der Waals surface area contributed by atoms with Gasteiger partial charge in [0.05, 0.1) is 0 Å². The van der Waals surface area contributed by atoms with Crippen molar-refractivity contribution in [1.29, 1.82) is 0 Å². The summed E-state index contributed by atoms with van der Waals surface area (Å²) in [4.78, 5) is 0. The summed E-state index contributed by atoms with van der Waals surface area (Å²) in [5, 5.41) is 0. The first-order valence-corrected chi connectivity index (χ1v) is 8.72. The van der Waals surface area contributed by atoms with Crippen molar-refractivity contribution in [2.45, 2.75) is 52.4 Å². The molecule has 1 radical (unpaired) electrons. The Balaban J connectivity index is 1.90. The van der Waals surface area contributed by atoms with Crippen LogP contribution in [0.4, 0.5) is 0 Å². The fourth-order valence-corrected chi connectivity index (χ4v) is 4.54. The highest BCUT2D eigenvalue weighted by molar-refractivity contribution is 5.80. The van der Waals surface area contributed by atoms with Crippen LogP contribution in [0.1, 0.15) is 60.8 Å². The topological polar surface area (TPSA) is 0 Å². The molecule has 0 aliphatic heterocycles. The van der Waals surface area contributed by atoms with Gasteiger partial charge in [-0.15, -0.1) is 0 Å². The Labute approximate surface area is 134 Å². The van der Waals surface area contributed by atoms with Crippen molar-refractivity contribution in [3.8, 4) is 11.1 Å². The number of hydrogen-bond donors (Lipinski definition) is 0. The van der Waals surface area contributed by atoms with Crippen molar-refractivity contribution >= 4 is 0 Å². The normalized spacial score (nSPS) is 21.7. The molecule has 0 bridgehead atoms. The zero-order chi connectivity index (χ0) is 15.3. The lowest BCUT2D eigenvalue weighted by atomic mass is 9.70. The fourth-order valence-electron chi connectivity index (χ4n) is 4.54. The van der Waals surface area contributed by atoms with Gasteiger partial charge in [0.2, 0.25) is 0 Å². The van der Waals surface area contributed by atoms with Crippen molar-refractivity contribution < 1.29 is 0 Å². The summed E-state index contributed by atoms with van der Waals surface area (Å²) in [6.07, 6.45) is 5.46. The molecule has 0 heteroatoms. The number of hydrogen-bond acceptors (Lipinski definition) is 0. The van der Waals surface area contributed by atoms with E-state index in [0.29, 0.717) is 5.92 Å². The minimum absolute atomic E-state index is 0.542. The van der Waals surface area contributed by atoms with E-state index in [1.165, 1.54) is 47.9 Å². The Morgan fingerprint density at radius 1 is 0.818 bits per heavy atom. The van der Waals surface area contributed by atoms with Crippen LogP contribution >= 0.6 is 0 Å². The Morgan fingerprint density at radius 3 is 1.95 bits per heavy atom. The Morgan fingerprint density at radius 2 is 1.41 bits per heavy atom. The molecule has 0 aromatic heterocycles. The molecule has 113 valence electrons. The molecule has 0 N–H and O–H groups in total. The van der Waals surface area contributed by atoms with Gasteiger partial charge in [-0.2, -0.15) is 0 Å². The summed E-state index contributed by atoms with van der Waals surface area (Å²) in [6, 6.07) is 14.1. The molecule has 2 aromatic rings. The molecule has 1 atom stereocenters. The standard InChI is InChI=1S/C22H25/c1-14-8-10-18-19-11-9-15(2)13-21(19)22(20(18)12-14)17-7-5-4-6-16(17)3/h8-13,16,22H,4-7H2,1-3H3. The maximum absolute atomic E-state index is 2.44. The van der Waals surface area contributed by atoms with Crippen LogP contribution < -0.4 is 0 Å². The molecule has 0 saturated heterocycles. The average Bonchev–Trinajstić information content (AvgIpc) is 2.80. The molecule has 22 heavy (non-hydrogen) atoms. The first-order chi connectivity index (χ1) is 10.6. The van der Waals surface area contributed by atoms with Gasteiger partial charge >= 0.3 is 0 Å². The van der Waals surface area contributed by atoms with E-state index in [9.17, 15) is 0 Å². The van der Waals surface area contributed by atoms with E-state index in [1.807, 2.05) is 0 Å². The molecular weight excluding hydrogens is 264 g/mol. The molecule has 2 aliphatic carbocycles.